The summed E-state index contributed by atoms with van der Waals surface area (Å²) < 4.78 is 0. The molecule has 0 radical (unpaired) electrons. The number of carbonyl (C=O) groups is 1. The molecule has 0 saturated carbocycles. The van der Waals surface area contributed by atoms with Crippen molar-refractivity contribution in [2.75, 3.05) is 39.3 Å². The van der Waals surface area contributed by atoms with E-state index in [0.717, 1.165) is 32.5 Å². The second-order valence-corrected chi connectivity index (χ2v) is 4.69. The summed E-state index contributed by atoms with van der Waals surface area (Å²) in [5.41, 5.74) is 0. The molecule has 0 aliphatic carbocycles. The fourth-order valence-corrected chi connectivity index (χ4v) is 2.47. The molecular formula is C13H23N3O2. The van der Waals surface area contributed by atoms with Crippen LogP contribution in [0.4, 0.5) is 0 Å². The van der Waals surface area contributed by atoms with Crippen LogP contribution in [0.25, 0.3) is 0 Å². The minimum absolute atomic E-state index is 0.0183. The number of carbonyl (C=O) groups excluding carboxylic acids is 1. The minimum atomic E-state index is 0.0183. The topological polar surface area (TPSA) is 67.6 Å². The molecule has 1 aliphatic heterocycles. The number of aliphatic hydroxyl groups excluding tert-OH is 1. The highest BCUT2D eigenvalue weighted by molar-refractivity contribution is 5.79. The number of likely N-dealkylation sites (N-methyl/N-ethyl adjacent to an activating group) is 1. The SMILES string of the molecule is CCN(CCO)C(=O)C1CCCN(CCC#N)C1. The highest BCUT2D eigenvalue weighted by atomic mass is 16.3. The Morgan fingerprint density at radius 1 is 1.61 bits per heavy atom. The van der Waals surface area contributed by atoms with Crippen molar-refractivity contribution in [2.24, 2.45) is 5.92 Å². The lowest BCUT2D eigenvalue weighted by Gasteiger charge is -2.34. The first-order valence-corrected chi connectivity index (χ1v) is 6.71. The second kappa shape index (κ2) is 8.06. The molecule has 1 amide bonds. The zero-order valence-corrected chi connectivity index (χ0v) is 11.1. The third-order valence-corrected chi connectivity index (χ3v) is 3.46. The molecule has 1 saturated heterocycles. The van der Waals surface area contributed by atoms with E-state index in [4.69, 9.17) is 10.4 Å². The maximum atomic E-state index is 12.3. The number of nitrogens with zero attached hydrogens (tertiary/aromatic N) is 3. The Morgan fingerprint density at radius 3 is 3.00 bits per heavy atom. The number of rotatable bonds is 6. The van der Waals surface area contributed by atoms with E-state index in [0.29, 0.717) is 19.5 Å². The zero-order chi connectivity index (χ0) is 13.4. The molecule has 18 heavy (non-hydrogen) atoms. The molecule has 1 N–H and O–H groups in total. The Balaban J connectivity index is 2.49. The van der Waals surface area contributed by atoms with Crippen molar-refractivity contribution in [2.45, 2.75) is 26.2 Å². The van der Waals surface area contributed by atoms with Gasteiger partial charge < -0.3 is 14.9 Å². The van der Waals surface area contributed by atoms with E-state index in [1.165, 1.54) is 0 Å². The van der Waals surface area contributed by atoms with Crippen LogP contribution in [-0.4, -0.2) is 60.1 Å². The number of aliphatic hydroxyl groups is 1. The van der Waals surface area contributed by atoms with Crippen LogP contribution < -0.4 is 0 Å². The largest absolute Gasteiger partial charge is 0.395 e. The molecule has 0 bridgehead atoms. The number of amides is 1. The van der Waals surface area contributed by atoms with Gasteiger partial charge in [-0.15, -0.1) is 0 Å². The van der Waals surface area contributed by atoms with Crippen LogP contribution in [0.15, 0.2) is 0 Å². The molecule has 0 aromatic heterocycles. The fourth-order valence-electron chi connectivity index (χ4n) is 2.47. The third-order valence-electron chi connectivity index (χ3n) is 3.46. The molecule has 5 nitrogen and oxygen atoms in total. The van der Waals surface area contributed by atoms with Crippen LogP contribution in [0.5, 0.6) is 0 Å². The van der Waals surface area contributed by atoms with Crippen molar-refractivity contribution in [1.82, 2.24) is 9.80 Å². The molecular weight excluding hydrogens is 230 g/mol. The standard InChI is InChI=1S/C13H23N3O2/c1-2-16(9-10-17)13(18)12-5-3-7-15(11-12)8-4-6-14/h12,17H,2-5,7-11H2,1H3. The molecule has 1 unspecified atom stereocenters. The summed E-state index contributed by atoms with van der Waals surface area (Å²) in [5.74, 6) is 0.178. The summed E-state index contributed by atoms with van der Waals surface area (Å²) in [4.78, 5) is 16.2. The van der Waals surface area contributed by atoms with Crippen LogP contribution in [-0.2, 0) is 4.79 Å². The molecule has 0 aromatic rings. The van der Waals surface area contributed by atoms with E-state index in [9.17, 15) is 4.79 Å². The first kappa shape index (κ1) is 14.9. The van der Waals surface area contributed by atoms with Crippen molar-refractivity contribution >= 4 is 5.91 Å². The number of nitriles is 1. The van der Waals surface area contributed by atoms with Gasteiger partial charge in [-0.25, -0.2) is 0 Å². The molecule has 1 heterocycles. The Hall–Kier alpha value is -1.12. The van der Waals surface area contributed by atoms with Crippen molar-refractivity contribution in [3.8, 4) is 6.07 Å². The Bertz CT molecular complexity index is 301. The van der Waals surface area contributed by atoms with E-state index in [-0.39, 0.29) is 18.4 Å². The maximum absolute atomic E-state index is 12.3. The Kier molecular flexibility index (Phi) is 6.69. The van der Waals surface area contributed by atoms with Gasteiger partial charge in [0.2, 0.25) is 5.91 Å². The molecule has 0 aromatic carbocycles. The maximum Gasteiger partial charge on any atom is 0.227 e. The van der Waals surface area contributed by atoms with Crippen LogP contribution >= 0.6 is 0 Å². The molecule has 1 rings (SSSR count). The smallest absolute Gasteiger partial charge is 0.227 e. The summed E-state index contributed by atoms with van der Waals surface area (Å²) in [7, 11) is 0. The van der Waals surface area contributed by atoms with Gasteiger partial charge in [0.05, 0.1) is 18.6 Å². The zero-order valence-electron chi connectivity index (χ0n) is 11.1. The number of hydrogen-bond donors (Lipinski definition) is 1. The summed E-state index contributed by atoms with van der Waals surface area (Å²) in [6.45, 7) is 5.51. The minimum Gasteiger partial charge on any atom is -0.395 e. The van der Waals surface area contributed by atoms with Crippen LogP contribution in [0.3, 0.4) is 0 Å². The molecule has 1 atom stereocenters. The van der Waals surface area contributed by atoms with Gasteiger partial charge in [0, 0.05) is 32.6 Å². The van der Waals surface area contributed by atoms with Gasteiger partial charge in [0.1, 0.15) is 0 Å². The average Bonchev–Trinajstić information content (AvgIpc) is 2.42. The van der Waals surface area contributed by atoms with Crippen molar-refractivity contribution in [3.05, 3.63) is 0 Å². The quantitative estimate of drug-likeness (QED) is 0.746. The van der Waals surface area contributed by atoms with Crippen molar-refractivity contribution in [1.29, 1.82) is 5.26 Å². The number of piperidine rings is 1. The van der Waals surface area contributed by atoms with E-state index >= 15 is 0 Å². The van der Waals surface area contributed by atoms with Crippen LogP contribution in [0.1, 0.15) is 26.2 Å². The van der Waals surface area contributed by atoms with Gasteiger partial charge in [-0.1, -0.05) is 0 Å². The van der Waals surface area contributed by atoms with Crippen LogP contribution in [0.2, 0.25) is 0 Å². The number of likely N-dealkylation sites (tertiary alicyclic amines) is 1. The number of hydrogen-bond acceptors (Lipinski definition) is 4. The predicted octanol–water partition coefficient (Wildman–Crippen LogP) is 0.453. The van der Waals surface area contributed by atoms with Crippen molar-refractivity contribution in [3.63, 3.8) is 0 Å². The van der Waals surface area contributed by atoms with Gasteiger partial charge in [0.15, 0.2) is 0 Å². The van der Waals surface area contributed by atoms with E-state index in [1.54, 1.807) is 4.90 Å². The van der Waals surface area contributed by atoms with Crippen LogP contribution in [0, 0.1) is 17.2 Å². The fraction of sp³-hybridized carbons (Fsp3) is 0.846. The summed E-state index contributed by atoms with van der Waals surface area (Å²) in [5, 5.41) is 17.5. The first-order chi connectivity index (χ1) is 8.72. The monoisotopic (exact) mass is 253 g/mol. The Labute approximate surface area is 109 Å². The van der Waals surface area contributed by atoms with E-state index in [2.05, 4.69) is 11.0 Å². The highest BCUT2D eigenvalue weighted by Crippen LogP contribution is 2.18. The molecule has 102 valence electrons. The lowest BCUT2D eigenvalue weighted by atomic mass is 9.96. The second-order valence-electron chi connectivity index (χ2n) is 4.69. The van der Waals surface area contributed by atoms with Gasteiger partial charge in [-0.2, -0.15) is 5.26 Å². The van der Waals surface area contributed by atoms with Crippen molar-refractivity contribution < 1.29 is 9.90 Å². The summed E-state index contributed by atoms with van der Waals surface area (Å²) >= 11 is 0. The molecule has 1 fully saturated rings. The molecule has 1 aliphatic rings. The molecule has 0 spiro atoms. The third kappa shape index (κ3) is 4.28. The summed E-state index contributed by atoms with van der Waals surface area (Å²) in [6, 6.07) is 2.14. The highest BCUT2D eigenvalue weighted by Gasteiger charge is 2.28. The van der Waals surface area contributed by atoms with Gasteiger partial charge >= 0.3 is 0 Å². The Morgan fingerprint density at radius 2 is 2.39 bits per heavy atom. The van der Waals surface area contributed by atoms with Gasteiger partial charge in [-0.05, 0) is 26.3 Å². The predicted molar refractivity (Wildman–Crippen MR) is 68.7 cm³/mol. The van der Waals surface area contributed by atoms with Gasteiger partial charge in [-0.3, -0.25) is 4.79 Å². The van der Waals surface area contributed by atoms with Gasteiger partial charge in [0.25, 0.3) is 0 Å². The van der Waals surface area contributed by atoms with E-state index in [1.807, 2.05) is 6.92 Å². The normalized spacial score (nSPS) is 20.4. The first-order valence-electron chi connectivity index (χ1n) is 6.71. The molecule has 5 heteroatoms. The lowest BCUT2D eigenvalue weighted by molar-refractivity contribution is -0.137. The summed E-state index contributed by atoms with van der Waals surface area (Å²) in [6.07, 6.45) is 2.46. The average molecular weight is 253 g/mol. The van der Waals surface area contributed by atoms with E-state index < -0.39 is 0 Å². The lowest BCUT2D eigenvalue weighted by Crippen LogP contribution is -2.45.